The second kappa shape index (κ2) is 6.37. The highest BCUT2D eigenvalue weighted by Crippen LogP contribution is 2.35. The minimum Gasteiger partial charge on any atom is -0.388 e. The van der Waals surface area contributed by atoms with Gasteiger partial charge < -0.3 is 14.9 Å². The van der Waals surface area contributed by atoms with Gasteiger partial charge in [-0.3, -0.25) is 0 Å². The summed E-state index contributed by atoms with van der Waals surface area (Å²) in [6.45, 7) is 5.55. The first-order valence-electron chi connectivity index (χ1n) is 8.43. The van der Waals surface area contributed by atoms with Crippen molar-refractivity contribution in [2.45, 2.75) is 44.8 Å². The fourth-order valence-corrected chi connectivity index (χ4v) is 4.15. The van der Waals surface area contributed by atoms with Gasteiger partial charge in [-0.05, 0) is 51.3 Å². The van der Waals surface area contributed by atoms with Gasteiger partial charge in [-0.1, -0.05) is 25.1 Å². The number of likely N-dealkylation sites (tertiary alicyclic amines) is 1. The molecule has 1 aromatic carbocycles. The summed E-state index contributed by atoms with van der Waals surface area (Å²) < 4.78 is 0. The van der Waals surface area contributed by atoms with Gasteiger partial charge in [-0.2, -0.15) is 0 Å². The van der Waals surface area contributed by atoms with Crippen molar-refractivity contribution in [1.29, 1.82) is 0 Å². The molecule has 3 rings (SSSR count). The molecule has 2 heterocycles. The van der Waals surface area contributed by atoms with Gasteiger partial charge in [0.1, 0.15) is 0 Å². The zero-order valence-electron chi connectivity index (χ0n) is 13.3. The van der Waals surface area contributed by atoms with Gasteiger partial charge in [0.05, 0.1) is 6.10 Å². The molecular formula is C18H28N2O. The number of piperidine rings is 2. The van der Waals surface area contributed by atoms with E-state index >= 15 is 0 Å². The zero-order valence-corrected chi connectivity index (χ0v) is 13.3. The smallest absolute Gasteiger partial charge is 0.0807 e. The average molecular weight is 288 g/mol. The first kappa shape index (κ1) is 14.9. The van der Waals surface area contributed by atoms with Crippen LogP contribution in [0.4, 0.5) is 5.69 Å². The zero-order chi connectivity index (χ0) is 14.8. The van der Waals surface area contributed by atoms with Crippen molar-refractivity contribution in [2.24, 2.45) is 5.92 Å². The van der Waals surface area contributed by atoms with E-state index in [1.54, 1.807) is 0 Å². The molecule has 3 unspecified atom stereocenters. The summed E-state index contributed by atoms with van der Waals surface area (Å²) >= 11 is 0. The van der Waals surface area contributed by atoms with Crippen molar-refractivity contribution in [3.8, 4) is 0 Å². The number of anilines is 1. The molecule has 3 nitrogen and oxygen atoms in total. The number of fused-ring (bicyclic) bond motifs is 1. The topological polar surface area (TPSA) is 26.7 Å². The van der Waals surface area contributed by atoms with Crippen molar-refractivity contribution >= 4 is 5.69 Å². The van der Waals surface area contributed by atoms with E-state index in [0.717, 1.165) is 37.0 Å². The lowest BCUT2D eigenvalue weighted by Gasteiger charge is -2.47. The molecule has 0 amide bonds. The lowest BCUT2D eigenvalue weighted by atomic mass is 9.83. The number of hydrogen-bond donors (Lipinski definition) is 1. The molecule has 0 bridgehead atoms. The SMILES string of the molecule is CCC(O)c1ccccc1N1CCC2C(CCCN2C)C1. The van der Waals surface area contributed by atoms with Crippen LogP contribution >= 0.6 is 0 Å². The highest BCUT2D eigenvalue weighted by molar-refractivity contribution is 5.55. The Labute approximate surface area is 128 Å². The predicted octanol–water partition coefficient (Wildman–Crippen LogP) is 3.05. The van der Waals surface area contributed by atoms with E-state index in [9.17, 15) is 5.11 Å². The molecule has 1 aromatic rings. The number of aliphatic hydroxyl groups is 1. The molecule has 2 fully saturated rings. The molecule has 2 saturated heterocycles. The Bertz CT molecular complexity index is 476. The largest absolute Gasteiger partial charge is 0.388 e. The quantitative estimate of drug-likeness (QED) is 0.926. The Hall–Kier alpha value is -1.06. The molecule has 3 atom stereocenters. The van der Waals surface area contributed by atoms with Crippen LogP contribution in [0.5, 0.6) is 0 Å². The number of benzene rings is 1. The Morgan fingerprint density at radius 1 is 1.24 bits per heavy atom. The van der Waals surface area contributed by atoms with Crippen LogP contribution in [-0.4, -0.2) is 42.7 Å². The molecule has 0 spiro atoms. The van der Waals surface area contributed by atoms with Crippen LogP contribution in [0.2, 0.25) is 0 Å². The van der Waals surface area contributed by atoms with Crippen molar-refractivity contribution < 1.29 is 5.11 Å². The number of para-hydroxylation sites is 1. The predicted molar refractivity (Wildman–Crippen MR) is 87.7 cm³/mol. The van der Waals surface area contributed by atoms with Crippen LogP contribution in [0.3, 0.4) is 0 Å². The number of rotatable bonds is 3. The summed E-state index contributed by atoms with van der Waals surface area (Å²) in [4.78, 5) is 5.06. The molecule has 3 heteroatoms. The molecule has 0 saturated carbocycles. The average Bonchev–Trinajstić information content (AvgIpc) is 2.54. The van der Waals surface area contributed by atoms with Gasteiger partial charge in [0.25, 0.3) is 0 Å². The maximum absolute atomic E-state index is 10.3. The Morgan fingerprint density at radius 2 is 2.05 bits per heavy atom. The van der Waals surface area contributed by atoms with Gasteiger partial charge in [0.15, 0.2) is 0 Å². The van der Waals surface area contributed by atoms with Crippen molar-refractivity contribution in [3.63, 3.8) is 0 Å². The van der Waals surface area contributed by atoms with Crippen molar-refractivity contribution in [2.75, 3.05) is 31.6 Å². The summed E-state index contributed by atoms with van der Waals surface area (Å²) in [6, 6.07) is 9.17. The summed E-state index contributed by atoms with van der Waals surface area (Å²) in [5, 5.41) is 10.3. The minimum atomic E-state index is -0.340. The van der Waals surface area contributed by atoms with Crippen molar-refractivity contribution in [3.05, 3.63) is 29.8 Å². The summed E-state index contributed by atoms with van der Waals surface area (Å²) in [5.74, 6) is 0.782. The Morgan fingerprint density at radius 3 is 2.86 bits per heavy atom. The van der Waals surface area contributed by atoms with Gasteiger partial charge in [-0.25, -0.2) is 0 Å². The van der Waals surface area contributed by atoms with E-state index in [1.807, 2.05) is 13.0 Å². The molecule has 2 aliphatic rings. The molecule has 2 aliphatic heterocycles. The second-order valence-corrected chi connectivity index (χ2v) is 6.67. The number of nitrogens with zero attached hydrogens (tertiary/aromatic N) is 2. The molecule has 0 aromatic heterocycles. The highest BCUT2D eigenvalue weighted by Gasteiger charge is 2.34. The van der Waals surface area contributed by atoms with Crippen LogP contribution in [0, 0.1) is 5.92 Å². The maximum atomic E-state index is 10.3. The third kappa shape index (κ3) is 2.95. The van der Waals surface area contributed by atoms with Crippen LogP contribution in [0.1, 0.15) is 44.3 Å². The fraction of sp³-hybridized carbons (Fsp3) is 0.667. The number of hydrogen-bond acceptors (Lipinski definition) is 3. The molecule has 0 aliphatic carbocycles. The number of aliphatic hydroxyl groups excluding tert-OH is 1. The third-order valence-electron chi connectivity index (χ3n) is 5.37. The van der Waals surface area contributed by atoms with E-state index in [1.165, 1.54) is 31.5 Å². The molecule has 1 N–H and O–H groups in total. The normalized spacial score (nSPS) is 28.2. The lowest BCUT2D eigenvalue weighted by Crippen LogP contribution is -2.52. The fourth-order valence-electron chi connectivity index (χ4n) is 4.15. The van der Waals surface area contributed by atoms with Crippen LogP contribution in [0.15, 0.2) is 24.3 Å². The van der Waals surface area contributed by atoms with E-state index < -0.39 is 0 Å². The van der Waals surface area contributed by atoms with E-state index in [0.29, 0.717) is 0 Å². The lowest BCUT2D eigenvalue weighted by molar-refractivity contribution is 0.102. The van der Waals surface area contributed by atoms with Crippen LogP contribution in [-0.2, 0) is 0 Å². The van der Waals surface area contributed by atoms with E-state index in [-0.39, 0.29) is 6.10 Å². The Balaban J connectivity index is 1.79. The third-order valence-corrected chi connectivity index (χ3v) is 5.37. The van der Waals surface area contributed by atoms with Crippen LogP contribution < -0.4 is 4.90 Å². The highest BCUT2D eigenvalue weighted by atomic mass is 16.3. The maximum Gasteiger partial charge on any atom is 0.0807 e. The molecular weight excluding hydrogens is 260 g/mol. The van der Waals surface area contributed by atoms with Gasteiger partial charge >= 0.3 is 0 Å². The minimum absolute atomic E-state index is 0.340. The van der Waals surface area contributed by atoms with E-state index in [2.05, 4.69) is 35.0 Å². The van der Waals surface area contributed by atoms with Gasteiger partial charge in [0.2, 0.25) is 0 Å². The monoisotopic (exact) mass is 288 g/mol. The molecule has 116 valence electrons. The standard InChI is InChI=1S/C18H28N2O/c1-3-18(21)15-8-4-5-9-17(15)20-12-10-16-14(13-20)7-6-11-19(16)2/h4-5,8-9,14,16,18,21H,3,6-7,10-13H2,1-2H3. The first-order valence-corrected chi connectivity index (χ1v) is 8.43. The van der Waals surface area contributed by atoms with Gasteiger partial charge in [-0.15, -0.1) is 0 Å². The summed E-state index contributed by atoms with van der Waals surface area (Å²) in [5.41, 5.74) is 2.35. The van der Waals surface area contributed by atoms with Crippen molar-refractivity contribution in [1.82, 2.24) is 4.90 Å². The summed E-state index contributed by atoms with van der Waals surface area (Å²) in [7, 11) is 2.28. The van der Waals surface area contributed by atoms with E-state index in [4.69, 9.17) is 0 Å². The molecule has 21 heavy (non-hydrogen) atoms. The van der Waals surface area contributed by atoms with Gasteiger partial charge in [0, 0.05) is 30.4 Å². The summed E-state index contributed by atoms with van der Waals surface area (Å²) in [6.07, 6.45) is 4.36. The molecule has 0 radical (unpaired) electrons. The van der Waals surface area contributed by atoms with Crippen LogP contribution in [0.25, 0.3) is 0 Å². The second-order valence-electron chi connectivity index (χ2n) is 6.67. The Kier molecular flexibility index (Phi) is 4.51. The first-order chi connectivity index (χ1) is 10.2.